The predicted octanol–water partition coefficient (Wildman–Crippen LogP) is 3.07. The zero-order valence-electron chi connectivity index (χ0n) is 15.3. The van der Waals surface area contributed by atoms with Gasteiger partial charge in [0, 0.05) is 30.8 Å². The Morgan fingerprint density at radius 2 is 2.26 bits per heavy atom. The minimum atomic E-state index is -0.500. The lowest BCUT2D eigenvalue weighted by Crippen LogP contribution is -2.44. The molecule has 2 aliphatic carbocycles. The van der Waals surface area contributed by atoms with Crippen molar-refractivity contribution in [1.29, 1.82) is 0 Å². The Balaban J connectivity index is 1.31. The lowest BCUT2D eigenvalue weighted by atomic mass is 9.84. The molecule has 0 radical (unpaired) electrons. The first-order valence-electron chi connectivity index (χ1n) is 9.57. The van der Waals surface area contributed by atoms with E-state index in [4.69, 9.17) is 4.74 Å². The summed E-state index contributed by atoms with van der Waals surface area (Å²) in [6, 6.07) is 9.59. The van der Waals surface area contributed by atoms with Crippen molar-refractivity contribution in [2.24, 2.45) is 17.8 Å². The number of Topliss-reactive ketones (excluding diaryl/α,β-unsaturated/α-hetero) is 1. The van der Waals surface area contributed by atoms with Crippen molar-refractivity contribution in [2.75, 3.05) is 0 Å². The first-order valence-corrected chi connectivity index (χ1v) is 9.57. The normalized spacial score (nSPS) is 30.4. The first-order chi connectivity index (χ1) is 13.1. The predicted molar refractivity (Wildman–Crippen MR) is 99.3 cm³/mol. The van der Waals surface area contributed by atoms with Gasteiger partial charge in [-0.2, -0.15) is 0 Å². The van der Waals surface area contributed by atoms with Crippen LogP contribution in [0.3, 0.4) is 0 Å². The Morgan fingerprint density at radius 1 is 1.37 bits per heavy atom. The average Bonchev–Trinajstić information content (AvgIpc) is 3.32. The van der Waals surface area contributed by atoms with E-state index in [1.165, 1.54) is 0 Å². The molecule has 5 nitrogen and oxygen atoms in total. The van der Waals surface area contributed by atoms with Crippen molar-refractivity contribution < 1.29 is 14.3 Å². The van der Waals surface area contributed by atoms with E-state index >= 15 is 0 Å². The molecule has 1 aromatic carbocycles. The molecule has 0 unspecified atom stereocenters. The molecular weight excluding hydrogens is 340 g/mol. The van der Waals surface area contributed by atoms with Gasteiger partial charge in [-0.05, 0) is 49.4 Å². The van der Waals surface area contributed by atoms with Crippen molar-refractivity contribution in [2.45, 2.75) is 38.3 Å². The van der Waals surface area contributed by atoms with Crippen molar-refractivity contribution in [3.05, 3.63) is 59.4 Å². The fourth-order valence-electron chi connectivity index (χ4n) is 5.09. The van der Waals surface area contributed by atoms with E-state index in [0.29, 0.717) is 30.2 Å². The van der Waals surface area contributed by atoms with Crippen LogP contribution in [0.1, 0.15) is 40.7 Å². The molecule has 0 bridgehead atoms. The van der Waals surface area contributed by atoms with Crippen LogP contribution in [0.25, 0.3) is 0 Å². The minimum Gasteiger partial charge on any atom is -0.486 e. The monoisotopic (exact) mass is 362 g/mol. The highest BCUT2D eigenvalue weighted by molar-refractivity contribution is 6.01. The van der Waals surface area contributed by atoms with E-state index in [9.17, 15) is 9.59 Å². The molecule has 1 spiro atoms. The maximum Gasteiger partial charge on any atom is 0.224 e. The molecule has 27 heavy (non-hydrogen) atoms. The summed E-state index contributed by atoms with van der Waals surface area (Å²) in [7, 11) is 0. The van der Waals surface area contributed by atoms with E-state index in [1.54, 1.807) is 12.4 Å². The third-order valence-corrected chi connectivity index (χ3v) is 6.38. The van der Waals surface area contributed by atoms with Gasteiger partial charge < -0.3 is 10.1 Å². The van der Waals surface area contributed by atoms with Gasteiger partial charge in [0.1, 0.15) is 11.4 Å². The number of nitrogens with one attached hydrogen (secondary N) is 1. The molecule has 2 heterocycles. The number of fused-ring (bicyclic) bond motifs is 3. The molecule has 2 aromatic rings. The van der Waals surface area contributed by atoms with Crippen molar-refractivity contribution >= 4 is 11.7 Å². The van der Waals surface area contributed by atoms with Crippen molar-refractivity contribution in [3.8, 4) is 5.75 Å². The second kappa shape index (κ2) is 5.91. The Hall–Kier alpha value is -2.69. The topological polar surface area (TPSA) is 68.3 Å². The quantitative estimate of drug-likeness (QED) is 0.911. The number of aryl methyl sites for hydroxylation is 1. The minimum absolute atomic E-state index is 0.0461. The van der Waals surface area contributed by atoms with E-state index < -0.39 is 5.60 Å². The zero-order chi connectivity index (χ0) is 18.6. The van der Waals surface area contributed by atoms with Gasteiger partial charge in [-0.1, -0.05) is 17.7 Å². The lowest BCUT2D eigenvalue weighted by molar-refractivity contribution is -0.124. The second-order valence-corrected chi connectivity index (χ2v) is 8.10. The molecule has 1 aliphatic heterocycles. The van der Waals surface area contributed by atoms with Gasteiger partial charge >= 0.3 is 0 Å². The molecule has 5 heteroatoms. The molecule has 5 rings (SSSR count). The third kappa shape index (κ3) is 2.64. The summed E-state index contributed by atoms with van der Waals surface area (Å²) < 4.78 is 6.39. The fraction of sp³-hybridized carbons (Fsp3) is 0.409. The Kier molecular flexibility index (Phi) is 3.61. The van der Waals surface area contributed by atoms with Gasteiger partial charge in [-0.3, -0.25) is 14.6 Å². The van der Waals surface area contributed by atoms with Gasteiger partial charge in [0.15, 0.2) is 5.78 Å². The number of carbonyl (C=O) groups excluding carboxylic acids is 2. The van der Waals surface area contributed by atoms with E-state index in [1.807, 2.05) is 37.3 Å². The van der Waals surface area contributed by atoms with Crippen LogP contribution in [0.15, 0.2) is 42.7 Å². The summed E-state index contributed by atoms with van der Waals surface area (Å²) in [5, 5.41) is 3.03. The van der Waals surface area contributed by atoms with Crippen molar-refractivity contribution in [3.63, 3.8) is 0 Å². The molecule has 1 aromatic heterocycles. The maximum absolute atomic E-state index is 12.8. The molecular formula is C22H22N2O3. The Bertz CT molecular complexity index is 926. The SMILES string of the molecule is Cc1ccc2c(c1)C(=O)C[C@]1(CC[C@@H]3[C@H](C(=O)NCc4cccnc4)[C@H]31)O2. The Labute approximate surface area is 158 Å². The number of ether oxygens (including phenoxy) is 1. The van der Waals surface area contributed by atoms with Crippen LogP contribution >= 0.6 is 0 Å². The molecule has 138 valence electrons. The van der Waals surface area contributed by atoms with Crippen LogP contribution in [0, 0.1) is 24.7 Å². The number of hydrogen-bond acceptors (Lipinski definition) is 4. The summed E-state index contributed by atoms with van der Waals surface area (Å²) in [5.41, 5.74) is 2.23. The summed E-state index contributed by atoms with van der Waals surface area (Å²) in [6.07, 6.45) is 5.67. The molecule has 2 saturated carbocycles. The van der Waals surface area contributed by atoms with Crippen molar-refractivity contribution in [1.82, 2.24) is 10.3 Å². The van der Waals surface area contributed by atoms with Crippen LogP contribution in [0.5, 0.6) is 5.75 Å². The maximum atomic E-state index is 12.8. The van der Waals surface area contributed by atoms with Crippen LogP contribution in [-0.2, 0) is 11.3 Å². The molecule has 4 atom stereocenters. The van der Waals surface area contributed by atoms with Gasteiger partial charge in [0.25, 0.3) is 0 Å². The molecule has 1 amide bonds. The smallest absolute Gasteiger partial charge is 0.224 e. The number of aromatic nitrogens is 1. The summed E-state index contributed by atoms with van der Waals surface area (Å²) in [4.78, 5) is 29.6. The number of hydrogen-bond donors (Lipinski definition) is 1. The number of pyridine rings is 1. The number of carbonyl (C=O) groups is 2. The largest absolute Gasteiger partial charge is 0.486 e. The summed E-state index contributed by atoms with van der Waals surface area (Å²) >= 11 is 0. The van der Waals surface area contributed by atoms with E-state index in [2.05, 4.69) is 10.3 Å². The zero-order valence-corrected chi connectivity index (χ0v) is 15.3. The molecule has 3 aliphatic rings. The number of ketones is 1. The highest BCUT2D eigenvalue weighted by Crippen LogP contribution is 2.65. The highest BCUT2D eigenvalue weighted by Gasteiger charge is 2.70. The van der Waals surface area contributed by atoms with Crippen LogP contribution in [0.4, 0.5) is 0 Å². The van der Waals surface area contributed by atoms with Crippen LogP contribution < -0.4 is 10.1 Å². The number of rotatable bonds is 3. The highest BCUT2D eigenvalue weighted by atomic mass is 16.5. The summed E-state index contributed by atoms with van der Waals surface area (Å²) in [6.45, 7) is 2.46. The van der Waals surface area contributed by atoms with Gasteiger partial charge in [0.05, 0.1) is 12.0 Å². The van der Waals surface area contributed by atoms with Gasteiger partial charge in [-0.25, -0.2) is 0 Å². The standard InChI is InChI=1S/C22H22N2O3/c1-13-4-5-18-16(9-13)17(25)10-22(27-18)7-6-15-19(20(15)22)21(26)24-12-14-3-2-8-23-11-14/h2-5,8-9,11,15,19-20H,6-7,10,12H2,1H3,(H,24,26)/t15-,19+,20+,22+/m1/s1. The number of benzene rings is 1. The molecule has 2 fully saturated rings. The van der Waals surface area contributed by atoms with E-state index in [-0.39, 0.29) is 23.5 Å². The van der Waals surface area contributed by atoms with Gasteiger partial charge in [-0.15, -0.1) is 0 Å². The molecule has 0 saturated heterocycles. The lowest BCUT2D eigenvalue weighted by Gasteiger charge is -2.37. The number of amides is 1. The van der Waals surface area contributed by atoms with Crippen LogP contribution in [-0.4, -0.2) is 22.3 Å². The van der Waals surface area contributed by atoms with E-state index in [0.717, 1.165) is 24.0 Å². The fourth-order valence-corrected chi connectivity index (χ4v) is 5.09. The second-order valence-electron chi connectivity index (χ2n) is 8.10. The number of nitrogens with zero attached hydrogens (tertiary/aromatic N) is 1. The average molecular weight is 362 g/mol. The third-order valence-electron chi connectivity index (χ3n) is 6.38. The summed E-state index contributed by atoms with van der Waals surface area (Å²) in [5.74, 6) is 1.32. The molecule has 1 N–H and O–H groups in total. The Morgan fingerprint density at radius 3 is 3.07 bits per heavy atom. The van der Waals surface area contributed by atoms with Gasteiger partial charge in [0.2, 0.25) is 5.91 Å². The first kappa shape index (κ1) is 16.5. The van der Waals surface area contributed by atoms with Crippen LogP contribution in [0.2, 0.25) is 0 Å².